The Kier molecular flexibility index (Phi) is 3.92. The summed E-state index contributed by atoms with van der Waals surface area (Å²) in [5.41, 5.74) is 6.06. The monoisotopic (exact) mass is 358 g/mol. The van der Waals surface area contributed by atoms with E-state index in [9.17, 15) is 4.79 Å². The molecule has 0 unspecified atom stereocenters. The van der Waals surface area contributed by atoms with Crippen LogP contribution in [0, 0.1) is 0 Å². The fourth-order valence-electron chi connectivity index (χ4n) is 5.69. The van der Waals surface area contributed by atoms with Gasteiger partial charge in [0.15, 0.2) is 0 Å². The number of piperidine rings is 1. The van der Waals surface area contributed by atoms with Crippen LogP contribution in [-0.4, -0.2) is 29.6 Å². The van der Waals surface area contributed by atoms with Gasteiger partial charge in [-0.15, -0.1) is 0 Å². The summed E-state index contributed by atoms with van der Waals surface area (Å²) in [4.78, 5) is 20.1. The molecule has 2 heterocycles. The lowest BCUT2D eigenvalue weighted by Crippen LogP contribution is -2.58. The van der Waals surface area contributed by atoms with E-state index in [1.807, 2.05) is 18.3 Å². The average molecular weight is 358 g/mol. The first-order chi connectivity index (χ1) is 13.2. The predicted molar refractivity (Wildman–Crippen MR) is 109 cm³/mol. The van der Waals surface area contributed by atoms with Crippen molar-refractivity contribution >= 4 is 17.8 Å². The van der Waals surface area contributed by atoms with Crippen LogP contribution in [0.3, 0.4) is 0 Å². The summed E-state index contributed by atoms with van der Waals surface area (Å²) in [6, 6.07) is 15.3. The normalized spacial score (nSPS) is 25.7. The lowest BCUT2D eigenvalue weighted by atomic mass is 9.61. The number of amides is 1. The third-order valence-corrected chi connectivity index (χ3v) is 7.04. The van der Waals surface area contributed by atoms with Crippen LogP contribution in [0.15, 0.2) is 47.5 Å². The summed E-state index contributed by atoms with van der Waals surface area (Å²) in [6.07, 6.45) is 8.30. The second-order valence-electron chi connectivity index (χ2n) is 8.18. The largest absolute Gasteiger partial charge is 0.335 e. The van der Waals surface area contributed by atoms with Crippen molar-refractivity contribution < 1.29 is 4.79 Å². The molecule has 0 spiro atoms. The minimum Gasteiger partial charge on any atom is -0.335 e. The van der Waals surface area contributed by atoms with Gasteiger partial charge in [0.05, 0.1) is 5.69 Å². The summed E-state index contributed by atoms with van der Waals surface area (Å²) < 4.78 is 0. The Labute approximate surface area is 161 Å². The Balaban J connectivity index is 1.53. The van der Waals surface area contributed by atoms with Crippen molar-refractivity contribution in [3.63, 3.8) is 0 Å². The van der Waals surface area contributed by atoms with Gasteiger partial charge in [-0.2, -0.15) is 0 Å². The van der Waals surface area contributed by atoms with Gasteiger partial charge in [0.25, 0.3) is 5.91 Å². The third-order valence-electron chi connectivity index (χ3n) is 7.04. The molecule has 5 rings (SSSR count). The van der Waals surface area contributed by atoms with Gasteiger partial charge in [-0.1, -0.05) is 37.3 Å². The number of hydrogen-bond donors (Lipinski definition) is 0. The zero-order valence-corrected chi connectivity index (χ0v) is 15.9. The van der Waals surface area contributed by atoms with Crippen molar-refractivity contribution in [2.45, 2.75) is 56.9 Å². The summed E-state index contributed by atoms with van der Waals surface area (Å²) in [5.74, 6) is 0.182. The van der Waals surface area contributed by atoms with Gasteiger partial charge in [0.2, 0.25) is 0 Å². The summed E-state index contributed by atoms with van der Waals surface area (Å²) in [7, 11) is 0. The van der Waals surface area contributed by atoms with E-state index in [0.29, 0.717) is 6.04 Å². The number of hydrogen-bond acceptors (Lipinski definition) is 2. The number of carbonyl (C=O) groups excluding carboxylic acids is 1. The lowest BCUT2D eigenvalue weighted by molar-refractivity contribution is 0.0336. The number of likely N-dealkylation sites (tertiary alicyclic amines) is 1. The van der Waals surface area contributed by atoms with E-state index in [0.717, 1.165) is 49.9 Å². The van der Waals surface area contributed by atoms with Crippen LogP contribution >= 0.6 is 0 Å². The van der Waals surface area contributed by atoms with Gasteiger partial charge < -0.3 is 4.90 Å². The highest BCUT2D eigenvalue weighted by atomic mass is 16.2. The van der Waals surface area contributed by atoms with E-state index in [1.165, 1.54) is 23.1 Å². The number of aliphatic imine (C=N–C) groups is 1. The van der Waals surface area contributed by atoms with Crippen molar-refractivity contribution in [1.29, 1.82) is 0 Å². The molecule has 0 bridgehead atoms. The molecule has 0 aromatic heterocycles. The number of nitrogens with zero attached hydrogens (tertiary/aromatic N) is 2. The van der Waals surface area contributed by atoms with Crippen molar-refractivity contribution in [1.82, 2.24) is 4.90 Å². The predicted octanol–water partition coefficient (Wildman–Crippen LogP) is 4.84. The number of rotatable bonds is 2. The molecule has 0 N–H and O–H groups in total. The Bertz CT molecular complexity index is 932. The highest BCUT2D eigenvalue weighted by Crippen LogP contribution is 2.48. The molecule has 2 aromatic carbocycles. The summed E-state index contributed by atoms with van der Waals surface area (Å²) in [6.45, 7) is 3.17. The van der Waals surface area contributed by atoms with Crippen LogP contribution in [0.25, 0.3) is 0 Å². The van der Waals surface area contributed by atoms with Crippen molar-refractivity contribution in [2.75, 3.05) is 6.54 Å². The maximum Gasteiger partial charge on any atom is 0.254 e. The van der Waals surface area contributed by atoms with Crippen molar-refractivity contribution in [3.05, 3.63) is 64.7 Å². The van der Waals surface area contributed by atoms with Crippen LogP contribution < -0.4 is 0 Å². The topological polar surface area (TPSA) is 32.7 Å². The maximum absolute atomic E-state index is 13.5. The van der Waals surface area contributed by atoms with Gasteiger partial charge in [-0.05, 0) is 60.9 Å². The number of carbonyl (C=O) groups is 1. The van der Waals surface area contributed by atoms with Gasteiger partial charge in [0, 0.05) is 36.2 Å². The molecule has 3 heteroatoms. The number of benzene rings is 2. The first-order valence-corrected chi connectivity index (χ1v) is 10.3. The van der Waals surface area contributed by atoms with Crippen LogP contribution in [0.2, 0.25) is 0 Å². The molecule has 1 amide bonds. The number of fused-ring (bicyclic) bond motifs is 4. The Morgan fingerprint density at radius 2 is 2.11 bits per heavy atom. The molecule has 1 saturated heterocycles. The number of aryl methyl sites for hydroxylation is 1. The molecular weight excluding hydrogens is 332 g/mol. The highest BCUT2D eigenvalue weighted by molar-refractivity contribution is 5.96. The fourth-order valence-corrected chi connectivity index (χ4v) is 5.69. The molecule has 0 saturated carbocycles. The quantitative estimate of drug-likeness (QED) is 0.756. The van der Waals surface area contributed by atoms with Crippen LogP contribution in [-0.2, 0) is 18.3 Å². The minimum absolute atomic E-state index is 0.109. The van der Waals surface area contributed by atoms with Crippen LogP contribution in [0.4, 0.5) is 5.69 Å². The molecular formula is C24H26N2O. The van der Waals surface area contributed by atoms with E-state index in [1.54, 1.807) is 0 Å². The van der Waals surface area contributed by atoms with E-state index in [4.69, 9.17) is 0 Å². The fraction of sp³-hybridized carbons (Fsp3) is 0.417. The summed E-state index contributed by atoms with van der Waals surface area (Å²) in [5, 5.41) is 0. The molecule has 1 fully saturated rings. The lowest BCUT2D eigenvalue weighted by Gasteiger charge is -2.53. The smallest absolute Gasteiger partial charge is 0.254 e. The van der Waals surface area contributed by atoms with Crippen molar-refractivity contribution in [3.8, 4) is 0 Å². The molecule has 1 aliphatic carbocycles. The molecule has 27 heavy (non-hydrogen) atoms. The first-order valence-electron chi connectivity index (χ1n) is 10.3. The van der Waals surface area contributed by atoms with Gasteiger partial charge >= 0.3 is 0 Å². The minimum atomic E-state index is 0.109. The van der Waals surface area contributed by atoms with Crippen LogP contribution in [0.5, 0.6) is 0 Å². The molecule has 138 valence electrons. The molecule has 2 aromatic rings. The average Bonchev–Trinajstić information content (AvgIpc) is 3.20. The second kappa shape index (κ2) is 6.33. The Morgan fingerprint density at radius 1 is 1.22 bits per heavy atom. The zero-order chi connectivity index (χ0) is 18.4. The van der Waals surface area contributed by atoms with Crippen LogP contribution in [0.1, 0.15) is 59.7 Å². The van der Waals surface area contributed by atoms with Gasteiger partial charge in [0.1, 0.15) is 0 Å². The van der Waals surface area contributed by atoms with Gasteiger partial charge in [-0.3, -0.25) is 9.79 Å². The van der Waals surface area contributed by atoms with E-state index >= 15 is 0 Å². The third kappa shape index (κ3) is 2.48. The van der Waals surface area contributed by atoms with E-state index in [-0.39, 0.29) is 11.3 Å². The molecule has 0 radical (unpaired) electrons. The second-order valence-corrected chi connectivity index (χ2v) is 8.18. The maximum atomic E-state index is 13.5. The van der Waals surface area contributed by atoms with Crippen molar-refractivity contribution in [2.24, 2.45) is 4.99 Å². The molecule has 2 aliphatic heterocycles. The summed E-state index contributed by atoms with van der Waals surface area (Å²) >= 11 is 0. The van der Waals surface area contributed by atoms with E-state index < -0.39 is 0 Å². The Hall–Kier alpha value is -2.42. The molecule has 2 atom stereocenters. The Morgan fingerprint density at radius 3 is 3.00 bits per heavy atom. The molecule has 3 aliphatic rings. The van der Waals surface area contributed by atoms with Gasteiger partial charge in [-0.25, -0.2) is 0 Å². The zero-order valence-electron chi connectivity index (χ0n) is 15.9. The van der Waals surface area contributed by atoms with E-state index in [2.05, 4.69) is 47.1 Å². The molecule has 3 nitrogen and oxygen atoms in total. The SMILES string of the molecule is CC[C@]12CCCN(C(=O)c3ccc4c(c3)N=CC4)[C@@H]1CCc1ccccc12. The highest BCUT2D eigenvalue weighted by Gasteiger charge is 2.48. The first kappa shape index (κ1) is 16.7. The standard InChI is InChI=1S/C24H26N2O/c1-2-24-13-5-15-26(22(24)11-10-17-6-3-4-7-20(17)24)23(27)19-9-8-18-12-14-25-21(18)16-19/h3-4,6-9,14,16,22H,2,5,10-13,15H2,1H3/t22-,24-/m1/s1.